The lowest BCUT2D eigenvalue weighted by Gasteiger charge is -2.28. The Bertz CT molecular complexity index is 1490. The number of amides is 2. The number of aromatic nitrogens is 2. The zero-order valence-corrected chi connectivity index (χ0v) is 20.1. The molecule has 5 rings (SSSR count). The number of hydrogen-bond donors (Lipinski definition) is 2. The molecule has 2 aromatic carbocycles. The Morgan fingerprint density at radius 2 is 1.94 bits per heavy atom. The number of ether oxygens (including phenoxy) is 1. The zero-order valence-electron chi connectivity index (χ0n) is 19.3. The predicted octanol–water partition coefficient (Wildman–Crippen LogP) is 3.86. The third-order valence-electron chi connectivity index (χ3n) is 5.74. The number of carbonyl (C=O) groups excluding carboxylic acids is 2. The van der Waals surface area contributed by atoms with Crippen LogP contribution in [0.5, 0.6) is 5.75 Å². The summed E-state index contributed by atoms with van der Waals surface area (Å²) in [5.74, 6) is 6.42. The highest BCUT2D eigenvalue weighted by Crippen LogP contribution is 2.36. The molecule has 8 nitrogen and oxygen atoms in total. The maximum atomic E-state index is 13.6. The molecule has 0 fully saturated rings. The fraction of sp³-hybridized carbons (Fsp3) is 0.111. The summed E-state index contributed by atoms with van der Waals surface area (Å²) in [4.78, 5) is 36.8. The summed E-state index contributed by atoms with van der Waals surface area (Å²) in [5, 5.41) is 5.06. The summed E-state index contributed by atoms with van der Waals surface area (Å²) in [6.45, 7) is 0.276. The SMILES string of the molecule is COc1ccccc1C(C(=O)Nc1nccs1)N1Cc2ccc(C#Cc3ccc(N)nc3)cc2C1=O. The maximum absolute atomic E-state index is 13.6. The van der Waals surface area contributed by atoms with Crippen LogP contribution in [0.3, 0.4) is 0 Å². The Labute approximate surface area is 211 Å². The number of pyridine rings is 1. The summed E-state index contributed by atoms with van der Waals surface area (Å²) in [5.41, 5.74) is 8.95. The van der Waals surface area contributed by atoms with Crippen molar-refractivity contribution in [2.45, 2.75) is 12.6 Å². The summed E-state index contributed by atoms with van der Waals surface area (Å²) in [6.07, 6.45) is 3.21. The van der Waals surface area contributed by atoms with Crippen molar-refractivity contribution in [3.63, 3.8) is 0 Å². The van der Waals surface area contributed by atoms with Crippen LogP contribution >= 0.6 is 11.3 Å². The van der Waals surface area contributed by atoms with E-state index in [0.29, 0.717) is 39.0 Å². The first-order valence-corrected chi connectivity index (χ1v) is 11.9. The van der Waals surface area contributed by atoms with Crippen LogP contribution in [0.1, 0.15) is 38.7 Å². The quantitative estimate of drug-likeness (QED) is 0.407. The van der Waals surface area contributed by atoms with Gasteiger partial charge in [0.25, 0.3) is 11.8 Å². The van der Waals surface area contributed by atoms with Crippen molar-refractivity contribution in [1.82, 2.24) is 14.9 Å². The number of nitrogen functional groups attached to an aromatic ring is 1. The topological polar surface area (TPSA) is 110 Å². The molecule has 0 spiro atoms. The number of anilines is 2. The summed E-state index contributed by atoms with van der Waals surface area (Å²) in [6, 6.07) is 15.2. The van der Waals surface area contributed by atoms with Crippen LogP contribution in [0.2, 0.25) is 0 Å². The molecular formula is C27H21N5O3S. The molecule has 0 radical (unpaired) electrons. The van der Waals surface area contributed by atoms with Gasteiger partial charge in [0, 0.05) is 46.6 Å². The molecule has 1 atom stereocenters. The third kappa shape index (κ3) is 4.62. The number of nitrogens with zero attached hydrogens (tertiary/aromatic N) is 3. The Morgan fingerprint density at radius 3 is 2.69 bits per heavy atom. The number of thiazole rings is 1. The van der Waals surface area contributed by atoms with Gasteiger partial charge in [0.1, 0.15) is 17.6 Å². The van der Waals surface area contributed by atoms with Gasteiger partial charge in [-0.05, 0) is 35.9 Å². The monoisotopic (exact) mass is 495 g/mol. The number of para-hydroxylation sites is 1. The van der Waals surface area contributed by atoms with Crippen LogP contribution in [0.25, 0.3) is 0 Å². The van der Waals surface area contributed by atoms with Gasteiger partial charge in [-0.25, -0.2) is 9.97 Å². The number of hydrogen-bond acceptors (Lipinski definition) is 7. The molecule has 178 valence electrons. The molecule has 9 heteroatoms. The summed E-state index contributed by atoms with van der Waals surface area (Å²) < 4.78 is 5.52. The lowest BCUT2D eigenvalue weighted by molar-refractivity contribution is -0.120. The first kappa shape index (κ1) is 23.1. The fourth-order valence-electron chi connectivity index (χ4n) is 4.04. The van der Waals surface area contributed by atoms with Crippen molar-refractivity contribution in [3.05, 3.63) is 100 Å². The largest absolute Gasteiger partial charge is 0.496 e. The number of fused-ring (bicyclic) bond motifs is 1. The fourth-order valence-corrected chi connectivity index (χ4v) is 4.57. The zero-order chi connectivity index (χ0) is 25.1. The van der Waals surface area contributed by atoms with E-state index < -0.39 is 6.04 Å². The van der Waals surface area contributed by atoms with Crippen LogP contribution in [0, 0.1) is 11.8 Å². The Morgan fingerprint density at radius 1 is 1.14 bits per heavy atom. The lowest BCUT2D eigenvalue weighted by Crippen LogP contribution is -2.37. The average molecular weight is 496 g/mol. The highest BCUT2D eigenvalue weighted by Gasteiger charge is 2.39. The van der Waals surface area contributed by atoms with Gasteiger partial charge >= 0.3 is 0 Å². The van der Waals surface area contributed by atoms with E-state index in [1.54, 1.807) is 53.0 Å². The van der Waals surface area contributed by atoms with E-state index in [1.165, 1.54) is 18.4 Å². The molecular weight excluding hydrogens is 474 g/mol. The second-order valence-electron chi connectivity index (χ2n) is 8.00. The van der Waals surface area contributed by atoms with E-state index >= 15 is 0 Å². The van der Waals surface area contributed by atoms with E-state index in [0.717, 1.165) is 5.56 Å². The standard InChI is InChI=1S/C27H21N5O3S/c1-35-22-5-3-2-4-20(22)24(25(33)31-27-29-12-13-36-27)32-16-19-10-8-17(14-21(19)26(32)34)6-7-18-9-11-23(28)30-15-18/h2-5,8-15,24H,16H2,1H3,(H2,28,30)(H,29,31,33). The third-order valence-corrected chi connectivity index (χ3v) is 6.42. The van der Waals surface area contributed by atoms with E-state index in [9.17, 15) is 9.59 Å². The molecule has 4 aromatic rings. The average Bonchev–Trinajstić information content (AvgIpc) is 3.52. The van der Waals surface area contributed by atoms with Gasteiger partial charge in [0.15, 0.2) is 5.13 Å². The normalized spacial score (nSPS) is 12.9. The van der Waals surface area contributed by atoms with Crippen LogP contribution in [-0.2, 0) is 11.3 Å². The highest BCUT2D eigenvalue weighted by molar-refractivity contribution is 7.13. The van der Waals surface area contributed by atoms with Gasteiger partial charge in [-0.15, -0.1) is 11.3 Å². The molecule has 2 aromatic heterocycles. The van der Waals surface area contributed by atoms with Gasteiger partial charge < -0.3 is 15.4 Å². The molecule has 0 saturated heterocycles. The first-order chi connectivity index (χ1) is 17.5. The van der Waals surface area contributed by atoms with Crippen LogP contribution in [-0.4, -0.2) is 33.8 Å². The molecule has 0 saturated carbocycles. The smallest absolute Gasteiger partial charge is 0.255 e. The molecule has 0 aliphatic carbocycles. The van der Waals surface area contributed by atoms with Gasteiger partial charge in [-0.2, -0.15) is 0 Å². The van der Waals surface area contributed by atoms with Crippen molar-refractivity contribution < 1.29 is 14.3 Å². The van der Waals surface area contributed by atoms with E-state index in [2.05, 4.69) is 27.1 Å². The first-order valence-electron chi connectivity index (χ1n) is 11.0. The number of rotatable bonds is 5. The van der Waals surface area contributed by atoms with Crippen molar-refractivity contribution >= 4 is 34.1 Å². The lowest BCUT2D eigenvalue weighted by atomic mass is 10.0. The number of benzene rings is 2. The summed E-state index contributed by atoms with van der Waals surface area (Å²) >= 11 is 1.31. The van der Waals surface area contributed by atoms with Crippen molar-refractivity contribution in [1.29, 1.82) is 0 Å². The van der Waals surface area contributed by atoms with Crippen molar-refractivity contribution in [2.24, 2.45) is 0 Å². The predicted molar refractivity (Wildman–Crippen MR) is 137 cm³/mol. The molecule has 3 N–H and O–H groups in total. The van der Waals surface area contributed by atoms with Crippen LogP contribution < -0.4 is 15.8 Å². The molecule has 2 amide bonds. The number of nitrogens with one attached hydrogen (secondary N) is 1. The van der Waals surface area contributed by atoms with Crippen molar-refractivity contribution in [2.75, 3.05) is 18.2 Å². The molecule has 1 aliphatic rings. The van der Waals surface area contributed by atoms with E-state index in [1.807, 2.05) is 24.3 Å². The minimum absolute atomic E-state index is 0.256. The van der Waals surface area contributed by atoms with Gasteiger partial charge in [-0.3, -0.25) is 14.9 Å². The Hall–Kier alpha value is -4.68. The molecule has 1 unspecified atom stereocenters. The van der Waals surface area contributed by atoms with E-state index in [4.69, 9.17) is 10.5 Å². The number of carbonyl (C=O) groups is 2. The van der Waals surface area contributed by atoms with Crippen LogP contribution in [0.4, 0.5) is 10.9 Å². The Balaban J connectivity index is 1.47. The molecule has 0 bridgehead atoms. The number of methoxy groups -OCH3 is 1. The van der Waals surface area contributed by atoms with Gasteiger partial charge in [0.2, 0.25) is 0 Å². The molecule has 1 aliphatic heterocycles. The minimum atomic E-state index is -0.916. The van der Waals surface area contributed by atoms with Crippen molar-refractivity contribution in [3.8, 4) is 17.6 Å². The number of nitrogens with two attached hydrogens (primary N) is 1. The molecule has 36 heavy (non-hydrogen) atoms. The Kier molecular flexibility index (Phi) is 6.34. The highest BCUT2D eigenvalue weighted by atomic mass is 32.1. The van der Waals surface area contributed by atoms with Crippen LogP contribution in [0.15, 0.2) is 72.4 Å². The molecule has 3 heterocycles. The second kappa shape index (κ2) is 9.90. The van der Waals surface area contributed by atoms with Gasteiger partial charge in [0.05, 0.1) is 7.11 Å². The summed E-state index contributed by atoms with van der Waals surface area (Å²) in [7, 11) is 1.54. The second-order valence-corrected chi connectivity index (χ2v) is 8.89. The van der Waals surface area contributed by atoms with Gasteiger partial charge in [-0.1, -0.05) is 36.1 Å². The minimum Gasteiger partial charge on any atom is -0.496 e. The maximum Gasteiger partial charge on any atom is 0.255 e. The van der Waals surface area contributed by atoms with E-state index in [-0.39, 0.29) is 18.4 Å².